The molecular weight excluding hydrogens is 375 g/mol. The van der Waals surface area contributed by atoms with E-state index in [4.69, 9.17) is 0 Å². The van der Waals surface area contributed by atoms with Gasteiger partial charge in [-0.15, -0.1) is 0 Å². The van der Waals surface area contributed by atoms with Gasteiger partial charge in [0.2, 0.25) is 11.8 Å². The van der Waals surface area contributed by atoms with E-state index in [1.165, 1.54) is 12.1 Å². The van der Waals surface area contributed by atoms with Gasteiger partial charge in [-0.3, -0.25) is 9.59 Å². The molecule has 2 aromatic rings. The number of hydrogen-bond donors (Lipinski definition) is 2. The van der Waals surface area contributed by atoms with Crippen LogP contribution in [0.3, 0.4) is 0 Å². The first-order valence-corrected chi connectivity index (χ1v) is 8.34. The molecular formula is C18H18BrFN2O2. The molecule has 4 nitrogen and oxygen atoms in total. The lowest BCUT2D eigenvalue weighted by Crippen LogP contribution is -2.35. The van der Waals surface area contributed by atoms with E-state index in [0.29, 0.717) is 25.1 Å². The van der Waals surface area contributed by atoms with Crippen LogP contribution in [0.15, 0.2) is 53.0 Å². The molecule has 0 bridgehead atoms. The number of halogens is 2. The standard InChI is InChI=1S/C18H18BrFN2O2/c19-15-6-4-13(5-7-15)11-17(23)21-8-9-22-18(24)12-14-2-1-3-16(20)10-14/h1-7,10H,8-9,11-12H2,(H,21,23)(H,22,24). The summed E-state index contributed by atoms with van der Waals surface area (Å²) in [5, 5.41) is 5.44. The molecule has 0 aliphatic heterocycles. The van der Waals surface area contributed by atoms with Gasteiger partial charge in [-0.25, -0.2) is 4.39 Å². The first kappa shape index (κ1) is 18.1. The third kappa shape index (κ3) is 6.50. The van der Waals surface area contributed by atoms with Gasteiger partial charge in [0, 0.05) is 17.6 Å². The summed E-state index contributed by atoms with van der Waals surface area (Å²) < 4.78 is 14.0. The zero-order valence-corrected chi connectivity index (χ0v) is 14.6. The van der Waals surface area contributed by atoms with Crippen molar-refractivity contribution < 1.29 is 14.0 Å². The Morgan fingerprint density at radius 3 is 2.04 bits per heavy atom. The molecule has 0 atom stereocenters. The van der Waals surface area contributed by atoms with Crippen LogP contribution < -0.4 is 10.6 Å². The van der Waals surface area contributed by atoms with Gasteiger partial charge in [-0.2, -0.15) is 0 Å². The number of carbonyl (C=O) groups excluding carboxylic acids is 2. The third-order valence-electron chi connectivity index (χ3n) is 3.30. The van der Waals surface area contributed by atoms with Crippen molar-refractivity contribution in [2.45, 2.75) is 12.8 Å². The minimum atomic E-state index is -0.361. The Bertz CT molecular complexity index is 704. The predicted molar refractivity (Wildman–Crippen MR) is 94.0 cm³/mol. The van der Waals surface area contributed by atoms with Crippen LogP contribution in [0.5, 0.6) is 0 Å². The average molecular weight is 393 g/mol. The number of amides is 2. The van der Waals surface area contributed by atoms with Crippen molar-refractivity contribution in [3.63, 3.8) is 0 Å². The van der Waals surface area contributed by atoms with Gasteiger partial charge in [0.25, 0.3) is 0 Å². The van der Waals surface area contributed by atoms with Crippen LogP contribution in [0.25, 0.3) is 0 Å². The second kappa shape index (κ2) is 9.17. The van der Waals surface area contributed by atoms with Crippen LogP contribution in [-0.4, -0.2) is 24.9 Å². The second-order valence-electron chi connectivity index (χ2n) is 5.31. The van der Waals surface area contributed by atoms with Crippen molar-refractivity contribution in [1.82, 2.24) is 10.6 Å². The van der Waals surface area contributed by atoms with Gasteiger partial charge >= 0.3 is 0 Å². The van der Waals surface area contributed by atoms with Gasteiger partial charge in [0.15, 0.2) is 0 Å². The third-order valence-corrected chi connectivity index (χ3v) is 3.83. The summed E-state index contributed by atoms with van der Waals surface area (Å²) in [4.78, 5) is 23.5. The fourth-order valence-corrected chi connectivity index (χ4v) is 2.41. The van der Waals surface area contributed by atoms with Gasteiger partial charge < -0.3 is 10.6 Å². The number of carbonyl (C=O) groups is 2. The highest BCUT2D eigenvalue weighted by atomic mass is 79.9. The molecule has 126 valence electrons. The average Bonchev–Trinajstić information content (AvgIpc) is 2.54. The van der Waals surface area contributed by atoms with E-state index in [9.17, 15) is 14.0 Å². The normalized spacial score (nSPS) is 10.2. The highest BCUT2D eigenvalue weighted by Gasteiger charge is 2.05. The highest BCUT2D eigenvalue weighted by molar-refractivity contribution is 9.10. The number of nitrogens with one attached hydrogen (secondary N) is 2. The maximum absolute atomic E-state index is 13.0. The molecule has 6 heteroatoms. The van der Waals surface area contributed by atoms with Crippen LogP contribution in [0, 0.1) is 5.82 Å². The Morgan fingerprint density at radius 1 is 0.875 bits per heavy atom. The fraction of sp³-hybridized carbons (Fsp3) is 0.222. The lowest BCUT2D eigenvalue weighted by molar-refractivity contribution is -0.122. The first-order chi connectivity index (χ1) is 11.5. The molecule has 0 aromatic heterocycles. The lowest BCUT2D eigenvalue weighted by atomic mass is 10.1. The van der Waals surface area contributed by atoms with Crippen molar-refractivity contribution >= 4 is 27.7 Å². The van der Waals surface area contributed by atoms with Gasteiger partial charge in [0.05, 0.1) is 12.8 Å². The van der Waals surface area contributed by atoms with E-state index in [1.807, 2.05) is 24.3 Å². The molecule has 0 heterocycles. The number of hydrogen-bond acceptors (Lipinski definition) is 2. The van der Waals surface area contributed by atoms with E-state index in [1.54, 1.807) is 12.1 Å². The van der Waals surface area contributed by atoms with Crippen molar-refractivity contribution in [2.75, 3.05) is 13.1 Å². The highest BCUT2D eigenvalue weighted by Crippen LogP contribution is 2.10. The molecule has 24 heavy (non-hydrogen) atoms. The quantitative estimate of drug-likeness (QED) is 0.711. The Kier molecular flexibility index (Phi) is 6.93. The molecule has 2 amide bonds. The minimum absolute atomic E-state index is 0.100. The summed E-state index contributed by atoms with van der Waals surface area (Å²) in [7, 11) is 0. The summed E-state index contributed by atoms with van der Waals surface area (Å²) in [5.74, 6) is -0.667. The Hall–Kier alpha value is -2.21. The van der Waals surface area contributed by atoms with Crippen LogP contribution >= 0.6 is 15.9 Å². The summed E-state index contributed by atoms with van der Waals surface area (Å²) in [6, 6.07) is 13.5. The molecule has 0 unspecified atom stereocenters. The smallest absolute Gasteiger partial charge is 0.224 e. The molecule has 0 spiro atoms. The van der Waals surface area contributed by atoms with Gasteiger partial charge in [-0.05, 0) is 35.4 Å². The lowest BCUT2D eigenvalue weighted by Gasteiger charge is -2.07. The molecule has 0 aliphatic carbocycles. The minimum Gasteiger partial charge on any atom is -0.354 e. The topological polar surface area (TPSA) is 58.2 Å². The molecule has 2 rings (SSSR count). The van der Waals surface area contributed by atoms with E-state index >= 15 is 0 Å². The summed E-state index contributed by atoms with van der Waals surface area (Å²) in [6.07, 6.45) is 0.412. The molecule has 0 fully saturated rings. The molecule has 0 radical (unpaired) electrons. The van der Waals surface area contributed by atoms with E-state index < -0.39 is 0 Å². The molecule has 0 saturated carbocycles. The van der Waals surface area contributed by atoms with Gasteiger partial charge in [0.1, 0.15) is 5.82 Å². The molecule has 0 aliphatic rings. The van der Waals surface area contributed by atoms with Crippen LogP contribution in [0.4, 0.5) is 4.39 Å². The zero-order chi connectivity index (χ0) is 17.4. The van der Waals surface area contributed by atoms with E-state index in [2.05, 4.69) is 26.6 Å². The van der Waals surface area contributed by atoms with Crippen molar-refractivity contribution in [2.24, 2.45) is 0 Å². The number of rotatable bonds is 7. The predicted octanol–water partition coefficient (Wildman–Crippen LogP) is 2.61. The Balaban J connectivity index is 1.64. The molecule has 0 saturated heterocycles. The van der Waals surface area contributed by atoms with Crippen molar-refractivity contribution in [3.05, 3.63) is 69.9 Å². The SMILES string of the molecule is O=C(Cc1ccc(Br)cc1)NCCNC(=O)Cc1cccc(F)c1. The zero-order valence-electron chi connectivity index (χ0n) is 13.0. The van der Waals surface area contributed by atoms with E-state index in [-0.39, 0.29) is 24.1 Å². The van der Waals surface area contributed by atoms with Crippen LogP contribution in [-0.2, 0) is 22.4 Å². The van der Waals surface area contributed by atoms with Crippen LogP contribution in [0.1, 0.15) is 11.1 Å². The molecule has 2 N–H and O–H groups in total. The maximum atomic E-state index is 13.0. The van der Waals surface area contributed by atoms with Crippen molar-refractivity contribution in [1.29, 1.82) is 0 Å². The largest absolute Gasteiger partial charge is 0.354 e. The maximum Gasteiger partial charge on any atom is 0.224 e. The fourth-order valence-electron chi connectivity index (χ4n) is 2.15. The Labute approximate surface area is 148 Å². The molecule has 2 aromatic carbocycles. The second-order valence-corrected chi connectivity index (χ2v) is 6.23. The first-order valence-electron chi connectivity index (χ1n) is 7.55. The summed E-state index contributed by atoms with van der Waals surface area (Å²) in [6.45, 7) is 0.685. The van der Waals surface area contributed by atoms with Crippen LogP contribution in [0.2, 0.25) is 0 Å². The monoisotopic (exact) mass is 392 g/mol. The Morgan fingerprint density at radius 2 is 1.46 bits per heavy atom. The summed E-state index contributed by atoms with van der Waals surface area (Å²) in [5.41, 5.74) is 1.54. The summed E-state index contributed by atoms with van der Waals surface area (Å²) >= 11 is 3.34. The number of benzene rings is 2. The van der Waals surface area contributed by atoms with Gasteiger partial charge in [-0.1, -0.05) is 40.2 Å². The van der Waals surface area contributed by atoms with Crippen molar-refractivity contribution in [3.8, 4) is 0 Å². The van der Waals surface area contributed by atoms with E-state index in [0.717, 1.165) is 10.0 Å².